The molecule has 2 amide bonds. The Kier molecular flexibility index (Phi) is 6.75. The largest absolute Gasteiger partial charge is 0.497 e. The smallest absolute Gasteiger partial charge is 0.224 e. The van der Waals surface area contributed by atoms with Gasteiger partial charge in [-0.2, -0.15) is 0 Å². The summed E-state index contributed by atoms with van der Waals surface area (Å²) in [6.07, 6.45) is 0.693. The van der Waals surface area contributed by atoms with Crippen molar-refractivity contribution in [3.05, 3.63) is 60.4 Å². The summed E-state index contributed by atoms with van der Waals surface area (Å²) >= 11 is 0. The van der Waals surface area contributed by atoms with E-state index in [0.29, 0.717) is 23.5 Å². The summed E-state index contributed by atoms with van der Waals surface area (Å²) in [5.41, 5.74) is 2.01. The zero-order valence-corrected chi connectivity index (χ0v) is 17.2. The monoisotopic (exact) mass is 408 g/mol. The summed E-state index contributed by atoms with van der Waals surface area (Å²) in [6, 6.07) is 16.4. The second-order valence-electron chi connectivity index (χ2n) is 6.64. The molecule has 0 radical (unpaired) electrons. The number of furan rings is 1. The van der Waals surface area contributed by atoms with Gasteiger partial charge in [0.05, 0.1) is 19.9 Å². The number of carbonyl (C=O) groups excluding carboxylic acids is 2. The standard InChI is InChI=1S/C23H24N2O5/c1-15(26)24-17-6-11-22(29-3)20(14-17)25-23(27)13-10-19-9-12-21(30-19)16-4-7-18(28-2)8-5-16/h4-9,11-12,14H,10,13H2,1-3H3,(H,24,26)(H,25,27). The third-order valence-corrected chi connectivity index (χ3v) is 4.43. The Morgan fingerprint density at radius 1 is 0.933 bits per heavy atom. The highest BCUT2D eigenvalue weighted by Gasteiger charge is 2.11. The quantitative estimate of drug-likeness (QED) is 0.573. The molecule has 0 saturated heterocycles. The number of carbonyl (C=O) groups is 2. The second-order valence-corrected chi connectivity index (χ2v) is 6.64. The van der Waals surface area contributed by atoms with Crippen LogP contribution < -0.4 is 20.1 Å². The number of nitrogens with one attached hydrogen (secondary N) is 2. The molecule has 156 valence electrons. The first kappa shape index (κ1) is 21.0. The van der Waals surface area contributed by atoms with Crippen LogP contribution in [0.25, 0.3) is 11.3 Å². The minimum atomic E-state index is -0.192. The summed E-state index contributed by atoms with van der Waals surface area (Å²) in [7, 11) is 3.14. The molecular weight excluding hydrogens is 384 g/mol. The highest BCUT2D eigenvalue weighted by Crippen LogP contribution is 2.28. The topological polar surface area (TPSA) is 89.8 Å². The molecule has 0 spiro atoms. The molecule has 3 rings (SSSR count). The summed E-state index contributed by atoms with van der Waals surface area (Å²) in [5.74, 6) is 2.36. The molecule has 2 N–H and O–H groups in total. The van der Waals surface area contributed by atoms with Crippen molar-refractivity contribution in [1.29, 1.82) is 0 Å². The van der Waals surface area contributed by atoms with E-state index in [-0.39, 0.29) is 18.2 Å². The minimum absolute atomic E-state index is 0.185. The highest BCUT2D eigenvalue weighted by atomic mass is 16.5. The van der Waals surface area contributed by atoms with Crippen LogP contribution in [-0.4, -0.2) is 26.0 Å². The third kappa shape index (κ3) is 5.41. The molecule has 3 aromatic rings. The van der Waals surface area contributed by atoms with Gasteiger partial charge in [-0.25, -0.2) is 0 Å². The molecule has 0 fully saturated rings. The molecule has 7 heteroatoms. The lowest BCUT2D eigenvalue weighted by Crippen LogP contribution is -2.13. The Bertz CT molecular complexity index is 1020. The van der Waals surface area contributed by atoms with E-state index in [1.807, 2.05) is 36.4 Å². The predicted octanol–water partition coefficient (Wildman–Crippen LogP) is 4.49. The lowest BCUT2D eigenvalue weighted by molar-refractivity contribution is -0.116. The van der Waals surface area contributed by atoms with Crippen LogP contribution in [0, 0.1) is 0 Å². The maximum absolute atomic E-state index is 12.4. The van der Waals surface area contributed by atoms with Crippen molar-refractivity contribution < 1.29 is 23.5 Å². The molecule has 30 heavy (non-hydrogen) atoms. The van der Waals surface area contributed by atoms with Crippen LogP contribution in [0.4, 0.5) is 11.4 Å². The molecule has 0 aliphatic carbocycles. The first-order valence-electron chi connectivity index (χ1n) is 9.47. The van der Waals surface area contributed by atoms with Crippen molar-refractivity contribution in [2.75, 3.05) is 24.9 Å². The third-order valence-electron chi connectivity index (χ3n) is 4.43. The van der Waals surface area contributed by atoms with E-state index in [1.165, 1.54) is 14.0 Å². The molecule has 0 aliphatic rings. The Balaban J connectivity index is 1.61. The van der Waals surface area contributed by atoms with E-state index in [4.69, 9.17) is 13.9 Å². The van der Waals surface area contributed by atoms with Gasteiger partial charge in [0.15, 0.2) is 0 Å². The van der Waals surface area contributed by atoms with Crippen LogP contribution in [0.1, 0.15) is 19.1 Å². The Morgan fingerprint density at radius 3 is 2.37 bits per heavy atom. The molecule has 2 aromatic carbocycles. The van der Waals surface area contributed by atoms with Crippen LogP contribution in [0.5, 0.6) is 11.5 Å². The molecule has 7 nitrogen and oxygen atoms in total. The zero-order valence-electron chi connectivity index (χ0n) is 17.2. The van der Waals surface area contributed by atoms with Crippen molar-refractivity contribution in [2.24, 2.45) is 0 Å². The maximum atomic E-state index is 12.4. The fourth-order valence-corrected chi connectivity index (χ4v) is 2.96. The van der Waals surface area contributed by atoms with Gasteiger partial charge < -0.3 is 24.5 Å². The van der Waals surface area contributed by atoms with Crippen molar-refractivity contribution in [3.63, 3.8) is 0 Å². The van der Waals surface area contributed by atoms with Crippen molar-refractivity contribution in [1.82, 2.24) is 0 Å². The lowest BCUT2D eigenvalue weighted by atomic mass is 10.2. The van der Waals surface area contributed by atoms with Crippen LogP contribution in [0.2, 0.25) is 0 Å². The van der Waals surface area contributed by atoms with Gasteiger partial charge in [-0.15, -0.1) is 0 Å². The van der Waals surface area contributed by atoms with E-state index in [0.717, 1.165) is 22.8 Å². The zero-order chi connectivity index (χ0) is 21.5. The van der Waals surface area contributed by atoms with Crippen LogP contribution >= 0.6 is 0 Å². The van der Waals surface area contributed by atoms with Gasteiger partial charge in [0.2, 0.25) is 11.8 Å². The van der Waals surface area contributed by atoms with Crippen LogP contribution in [0.3, 0.4) is 0 Å². The number of benzene rings is 2. The first-order valence-corrected chi connectivity index (χ1v) is 9.47. The second kappa shape index (κ2) is 9.65. The summed E-state index contributed by atoms with van der Waals surface area (Å²) in [4.78, 5) is 23.7. The van der Waals surface area contributed by atoms with E-state index in [9.17, 15) is 9.59 Å². The number of ether oxygens (including phenoxy) is 2. The highest BCUT2D eigenvalue weighted by molar-refractivity contribution is 5.95. The van der Waals surface area contributed by atoms with E-state index in [2.05, 4.69) is 10.6 Å². The van der Waals surface area contributed by atoms with Gasteiger partial charge >= 0.3 is 0 Å². The van der Waals surface area contributed by atoms with Gasteiger partial charge in [-0.3, -0.25) is 9.59 Å². The van der Waals surface area contributed by atoms with E-state index >= 15 is 0 Å². The normalized spacial score (nSPS) is 10.4. The molecule has 1 heterocycles. The molecular formula is C23H24N2O5. The SMILES string of the molecule is COc1ccc(-c2ccc(CCC(=O)Nc3cc(NC(C)=O)ccc3OC)o2)cc1. The number of anilines is 2. The predicted molar refractivity (Wildman–Crippen MR) is 115 cm³/mol. The van der Waals surface area contributed by atoms with E-state index in [1.54, 1.807) is 25.3 Å². The van der Waals surface area contributed by atoms with Gasteiger partial charge in [0.25, 0.3) is 0 Å². The van der Waals surface area contributed by atoms with Crippen LogP contribution in [0.15, 0.2) is 59.0 Å². The average Bonchev–Trinajstić information content (AvgIpc) is 3.21. The molecule has 0 aliphatic heterocycles. The van der Waals surface area contributed by atoms with Crippen molar-refractivity contribution in [3.8, 4) is 22.8 Å². The molecule has 0 atom stereocenters. The van der Waals surface area contributed by atoms with Crippen molar-refractivity contribution in [2.45, 2.75) is 19.8 Å². The Morgan fingerprint density at radius 2 is 1.70 bits per heavy atom. The van der Waals surface area contributed by atoms with Gasteiger partial charge in [-0.1, -0.05) is 0 Å². The molecule has 0 unspecified atom stereocenters. The number of hydrogen-bond acceptors (Lipinski definition) is 5. The molecule has 1 aromatic heterocycles. The summed E-state index contributed by atoms with van der Waals surface area (Å²) in [5, 5.41) is 5.51. The summed E-state index contributed by atoms with van der Waals surface area (Å²) in [6.45, 7) is 1.42. The number of amides is 2. The van der Waals surface area contributed by atoms with Gasteiger partial charge in [-0.05, 0) is 54.6 Å². The number of aryl methyl sites for hydroxylation is 1. The van der Waals surface area contributed by atoms with Crippen LogP contribution in [-0.2, 0) is 16.0 Å². The Labute approximate surface area is 175 Å². The van der Waals surface area contributed by atoms with Gasteiger partial charge in [0, 0.05) is 31.0 Å². The average molecular weight is 408 g/mol. The number of rotatable bonds is 8. The fourth-order valence-electron chi connectivity index (χ4n) is 2.96. The minimum Gasteiger partial charge on any atom is -0.497 e. The lowest BCUT2D eigenvalue weighted by Gasteiger charge is -2.12. The Hall–Kier alpha value is -3.74. The molecule has 0 saturated carbocycles. The summed E-state index contributed by atoms with van der Waals surface area (Å²) < 4.78 is 16.3. The first-order chi connectivity index (χ1) is 14.5. The van der Waals surface area contributed by atoms with E-state index < -0.39 is 0 Å². The number of methoxy groups -OCH3 is 2. The number of hydrogen-bond donors (Lipinski definition) is 2. The van der Waals surface area contributed by atoms with Crippen molar-refractivity contribution >= 4 is 23.2 Å². The molecule has 0 bridgehead atoms. The van der Waals surface area contributed by atoms with Gasteiger partial charge in [0.1, 0.15) is 23.0 Å². The fraction of sp³-hybridized carbons (Fsp3) is 0.217. The maximum Gasteiger partial charge on any atom is 0.224 e.